The van der Waals surface area contributed by atoms with Crippen molar-refractivity contribution in [2.75, 3.05) is 17.7 Å². The summed E-state index contributed by atoms with van der Waals surface area (Å²) < 4.78 is 5.30. The molecule has 2 heterocycles. The molecule has 1 aromatic heterocycles. The van der Waals surface area contributed by atoms with Gasteiger partial charge in [-0.05, 0) is 31.2 Å². The molecule has 0 bridgehead atoms. The number of nitrogens with zero attached hydrogens (tertiary/aromatic N) is 2. The van der Waals surface area contributed by atoms with Gasteiger partial charge in [-0.1, -0.05) is 0 Å². The highest BCUT2D eigenvalue weighted by molar-refractivity contribution is 5.96. The Hall–Kier alpha value is -2.63. The maximum Gasteiger partial charge on any atom is 0.262 e. The zero-order chi connectivity index (χ0) is 13.4. The molecule has 3 rings (SSSR count). The molecular weight excluding hydrogens is 244 g/mol. The van der Waals surface area contributed by atoms with Gasteiger partial charge in [0.2, 0.25) is 5.95 Å². The summed E-state index contributed by atoms with van der Waals surface area (Å²) in [5, 5.41) is 2.76. The SMILES string of the molecule is Cc1cc(-c2ccc3c(c2)NC(=O)CO3)nc(N)n1. The molecule has 96 valence electrons. The van der Waals surface area contributed by atoms with Gasteiger partial charge in [0.1, 0.15) is 5.75 Å². The summed E-state index contributed by atoms with van der Waals surface area (Å²) in [5.74, 6) is 0.720. The molecule has 19 heavy (non-hydrogen) atoms. The number of nitrogen functional groups attached to an aromatic ring is 1. The van der Waals surface area contributed by atoms with Crippen LogP contribution in [0.3, 0.4) is 0 Å². The van der Waals surface area contributed by atoms with E-state index in [2.05, 4.69) is 15.3 Å². The number of hydrogen-bond donors (Lipinski definition) is 2. The number of carbonyl (C=O) groups is 1. The molecule has 3 N–H and O–H groups in total. The Morgan fingerprint density at radius 2 is 2.16 bits per heavy atom. The second-order valence-electron chi connectivity index (χ2n) is 4.30. The van der Waals surface area contributed by atoms with Crippen molar-refractivity contribution >= 4 is 17.5 Å². The molecule has 2 aromatic rings. The van der Waals surface area contributed by atoms with E-state index in [0.29, 0.717) is 17.1 Å². The fourth-order valence-corrected chi connectivity index (χ4v) is 1.98. The van der Waals surface area contributed by atoms with E-state index in [0.717, 1.165) is 11.3 Å². The zero-order valence-corrected chi connectivity index (χ0v) is 10.3. The van der Waals surface area contributed by atoms with Gasteiger partial charge in [-0.25, -0.2) is 9.97 Å². The summed E-state index contributed by atoms with van der Waals surface area (Å²) in [6.45, 7) is 1.90. The minimum Gasteiger partial charge on any atom is -0.482 e. The van der Waals surface area contributed by atoms with Gasteiger partial charge in [-0.2, -0.15) is 0 Å². The molecule has 0 aliphatic carbocycles. The van der Waals surface area contributed by atoms with E-state index in [1.807, 2.05) is 25.1 Å². The van der Waals surface area contributed by atoms with Crippen LogP contribution in [-0.2, 0) is 4.79 Å². The number of benzene rings is 1. The van der Waals surface area contributed by atoms with Gasteiger partial charge in [0.25, 0.3) is 5.91 Å². The second kappa shape index (κ2) is 4.24. The molecular formula is C13H12N4O2. The van der Waals surface area contributed by atoms with Gasteiger partial charge < -0.3 is 15.8 Å². The van der Waals surface area contributed by atoms with Crippen molar-refractivity contribution < 1.29 is 9.53 Å². The quantitative estimate of drug-likeness (QED) is 0.804. The number of nitrogens with one attached hydrogen (secondary N) is 1. The van der Waals surface area contributed by atoms with E-state index in [1.54, 1.807) is 6.07 Å². The number of anilines is 2. The summed E-state index contributed by atoms with van der Waals surface area (Å²) >= 11 is 0. The monoisotopic (exact) mass is 256 g/mol. The Morgan fingerprint density at radius 3 is 2.95 bits per heavy atom. The van der Waals surface area contributed by atoms with Crippen LogP contribution in [0.15, 0.2) is 24.3 Å². The zero-order valence-electron chi connectivity index (χ0n) is 10.3. The lowest BCUT2D eigenvalue weighted by atomic mass is 10.1. The van der Waals surface area contributed by atoms with Gasteiger partial charge in [-0.3, -0.25) is 4.79 Å². The molecule has 0 saturated heterocycles. The Bertz CT molecular complexity index is 649. The van der Waals surface area contributed by atoms with Crippen LogP contribution in [0.4, 0.5) is 11.6 Å². The highest BCUT2D eigenvalue weighted by Gasteiger charge is 2.16. The van der Waals surface area contributed by atoms with Crippen molar-refractivity contribution in [2.45, 2.75) is 6.92 Å². The van der Waals surface area contributed by atoms with Crippen LogP contribution in [0.25, 0.3) is 11.3 Å². The van der Waals surface area contributed by atoms with Crippen LogP contribution in [0.2, 0.25) is 0 Å². The highest BCUT2D eigenvalue weighted by atomic mass is 16.5. The van der Waals surface area contributed by atoms with Crippen molar-refractivity contribution in [3.8, 4) is 17.0 Å². The molecule has 6 nitrogen and oxygen atoms in total. The Morgan fingerprint density at radius 1 is 1.32 bits per heavy atom. The minimum atomic E-state index is -0.164. The van der Waals surface area contributed by atoms with Crippen LogP contribution in [0.1, 0.15) is 5.69 Å². The number of ether oxygens (including phenoxy) is 1. The molecule has 1 amide bonds. The molecule has 0 unspecified atom stereocenters. The molecule has 0 atom stereocenters. The average molecular weight is 256 g/mol. The predicted octanol–water partition coefficient (Wildman–Crippen LogP) is 1.37. The molecule has 0 spiro atoms. The molecule has 0 radical (unpaired) electrons. The molecule has 1 aliphatic heterocycles. The number of carbonyl (C=O) groups excluding carboxylic acids is 1. The van der Waals surface area contributed by atoms with Crippen molar-refractivity contribution in [2.24, 2.45) is 0 Å². The number of amides is 1. The normalized spacial score (nSPS) is 13.4. The highest BCUT2D eigenvalue weighted by Crippen LogP contribution is 2.32. The maximum atomic E-state index is 11.3. The predicted molar refractivity (Wildman–Crippen MR) is 70.7 cm³/mol. The molecule has 0 fully saturated rings. The van der Waals surface area contributed by atoms with Crippen molar-refractivity contribution in [1.82, 2.24) is 9.97 Å². The van der Waals surface area contributed by atoms with Crippen LogP contribution < -0.4 is 15.8 Å². The van der Waals surface area contributed by atoms with Crippen molar-refractivity contribution in [3.05, 3.63) is 30.0 Å². The summed E-state index contributed by atoms with van der Waals surface area (Å²) in [4.78, 5) is 19.5. The fraction of sp³-hybridized carbons (Fsp3) is 0.154. The first-order chi connectivity index (χ1) is 9.11. The summed E-state index contributed by atoms with van der Waals surface area (Å²) in [6.07, 6.45) is 0. The van der Waals surface area contributed by atoms with Gasteiger partial charge >= 0.3 is 0 Å². The Balaban J connectivity index is 2.06. The number of rotatable bonds is 1. The largest absolute Gasteiger partial charge is 0.482 e. The second-order valence-corrected chi connectivity index (χ2v) is 4.30. The van der Waals surface area contributed by atoms with E-state index in [-0.39, 0.29) is 18.5 Å². The van der Waals surface area contributed by atoms with E-state index < -0.39 is 0 Å². The summed E-state index contributed by atoms with van der Waals surface area (Å²) in [7, 11) is 0. The van der Waals surface area contributed by atoms with Gasteiger partial charge in [0.15, 0.2) is 6.61 Å². The third-order valence-corrected chi connectivity index (χ3v) is 2.78. The standard InChI is InChI=1S/C13H12N4O2/c1-7-4-9(17-13(14)15-7)8-2-3-11-10(5-8)16-12(18)6-19-11/h2-5H,6H2,1H3,(H,16,18)(H2,14,15,17). The maximum absolute atomic E-state index is 11.3. The molecule has 0 saturated carbocycles. The lowest BCUT2D eigenvalue weighted by Gasteiger charge is -2.18. The van der Waals surface area contributed by atoms with Gasteiger partial charge in [0, 0.05) is 11.3 Å². The first-order valence-corrected chi connectivity index (χ1v) is 5.80. The first kappa shape index (κ1) is 11.5. The first-order valence-electron chi connectivity index (χ1n) is 5.80. The van der Waals surface area contributed by atoms with E-state index >= 15 is 0 Å². The third-order valence-electron chi connectivity index (χ3n) is 2.78. The molecule has 1 aromatic carbocycles. The van der Waals surface area contributed by atoms with Crippen LogP contribution in [0.5, 0.6) is 5.75 Å². The van der Waals surface area contributed by atoms with Crippen LogP contribution in [-0.4, -0.2) is 22.5 Å². The van der Waals surface area contributed by atoms with Gasteiger partial charge in [-0.15, -0.1) is 0 Å². The van der Waals surface area contributed by atoms with Gasteiger partial charge in [0.05, 0.1) is 11.4 Å². The minimum absolute atomic E-state index is 0.0475. The molecule has 6 heteroatoms. The lowest BCUT2D eigenvalue weighted by molar-refractivity contribution is -0.118. The topological polar surface area (TPSA) is 90.1 Å². The number of nitrogens with two attached hydrogens (primary N) is 1. The number of hydrogen-bond acceptors (Lipinski definition) is 5. The smallest absolute Gasteiger partial charge is 0.262 e. The van der Waals surface area contributed by atoms with Crippen molar-refractivity contribution in [3.63, 3.8) is 0 Å². The van der Waals surface area contributed by atoms with E-state index in [9.17, 15) is 4.79 Å². The van der Waals surface area contributed by atoms with Crippen LogP contribution in [0, 0.1) is 6.92 Å². The third kappa shape index (κ3) is 2.20. The number of aryl methyl sites for hydroxylation is 1. The Labute approximate surface area is 109 Å². The molecule has 1 aliphatic rings. The summed E-state index contributed by atoms with van der Waals surface area (Å²) in [6, 6.07) is 7.33. The van der Waals surface area contributed by atoms with E-state index in [4.69, 9.17) is 10.5 Å². The Kier molecular flexibility index (Phi) is 2.56. The fourth-order valence-electron chi connectivity index (χ4n) is 1.98. The summed E-state index contributed by atoms with van der Waals surface area (Å²) in [5.41, 5.74) is 8.64. The number of aromatic nitrogens is 2. The van der Waals surface area contributed by atoms with E-state index in [1.165, 1.54) is 0 Å². The number of fused-ring (bicyclic) bond motifs is 1. The van der Waals surface area contributed by atoms with Crippen LogP contribution >= 0.6 is 0 Å². The lowest BCUT2D eigenvalue weighted by Crippen LogP contribution is -2.25. The van der Waals surface area contributed by atoms with Crippen molar-refractivity contribution in [1.29, 1.82) is 0 Å². The average Bonchev–Trinajstić information content (AvgIpc) is 2.36.